The number of hydrogen-bond acceptors (Lipinski definition) is 5. The SMILES string of the molecule is COCCOCCOCCNc1ccc(Br)c(OC)c1. The van der Waals surface area contributed by atoms with Gasteiger partial charge < -0.3 is 24.3 Å². The standard InChI is InChI=1S/C14H22BrNO4/c1-17-7-8-20-10-9-19-6-5-16-12-3-4-13(15)14(11-12)18-2/h3-4,11,16H,5-10H2,1-2H3. The predicted molar refractivity (Wildman–Crippen MR) is 82.7 cm³/mol. The average molecular weight is 348 g/mol. The largest absolute Gasteiger partial charge is 0.495 e. The topological polar surface area (TPSA) is 49.0 Å². The van der Waals surface area contributed by atoms with Crippen molar-refractivity contribution in [1.82, 2.24) is 0 Å². The Morgan fingerprint density at radius 1 is 1.00 bits per heavy atom. The lowest BCUT2D eigenvalue weighted by Crippen LogP contribution is -2.13. The maximum atomic E-state index is 5.45. The van der Waals surface area contributed by atoms with Crippen LogP contribution in [0.2, 0.25) is 0 Å². The van der Waals surface area contributed by atoms with Gasteiger partial charge in [-0.3, -0.25) is 0 Å². The molecule has 0 heterocycles. The molecule has 0 aliphatic heterocycles. The Hall–Kier alpha value is -0.820. The van der Waals surface area contributed by atoms with Crippen molar-refractivity contribution in [2.75, 3.05) is 59.1 Å². The number of benzene rings is 1. The monoisotopic (exact) mass is 347 g/mol. The van der Waals surface area contributed by atoms with E-state index in [2.05, 4.69) is 21.2 Å². The van der Waals surface area contributed by atoms with Crippen LogP contribution >= 0.6 is 15.9 Å². The van der Waals surface area contributed by atoms with Crippen molar-refractivity contribution >= 4 is 21.6 Å². The molecule has 1 N–H and O–H groups in total. The number of methoxy groups -OCH3 is 2. The molecular formula is C14H22BrNO4. The predicted octanol–water partition coefficient (Wildman–Crippen LogP) is 2.55. The highest BCUT2D eigenvalue weighted by molar-refractivity contribution is 9.10. The molecule has 114 valence electrons. The van der Waals surface area contributed by atoms with Gasteiger partial charge in [0.1, 0.15) is 5.75 Å². The molecular weight excluding hydrogens is 326 g/mol. The molecule has 1 aromatic rings. The number of nitrogens with one attached hydrogen (secondary N) is 1. The second-order valence-electron chi connectivity index (χ2n) is 3.99. The normalized spacial score (nSPS) is 10.6. The van der Waals surface area contributed by atoms with E-state index in [1.54, 1.807) is 14.2 Å². The van der Waals surface area contributed by atoms with E-state index in [0.717, 1.165) is 22.5 Å². The summed E-state index contributed by atoms with van der Waals surface area (Å²) in [5.41, 5.74) is 1.00. The van der Waals surface area contributed by atoms with Gasteiger partial charge in [0.2, 0.25) is 0 Å². The van der Waals surface area contributed by atoms with E-state index in [-0.39, 0.29) is 0 Å². The molecule has 0 atom stereocenters. The second-order valence-corrected chi connectivity index (χ2v) is 4.85. The highest BCUT2D eigenvalue weighted by Gasteiger charge is 2.00. The highest BCUT2D eigenvalue weighted by atomic mass is 79.9. The number of anilines is 1. The summed E-state index contributed by atoms with van der Waals surface area (Å²) >= 11 is 3.42. The molecule has 5 nitrogen and oxygen atoms in total. The molecule has 0 aromatic heterocycles. The lowest BCUT2D eigenvalue weighted by atomic mass is 10.3. The maximum Gasteiger partial charge on any atom is 0.135 e. The summed E-state index contributed by atoms with van der Waals surface area (Å²) in [6, 6.07) is 5.88. The van der Waals surface area contributed by atoms with Gasteiger partial charge in [-0.05, 0) is 28.1 Å². The van der Waals surface area contributed by atoms with Gasteiger partial charge in [0.15, 0.2) is 0 Å². The summed E-state index contributed by atoms with van der Waals surface area (Å²) in [6.07, 6.45) is 0. The molecule has 0 aliphatic rings. The van der Waals surface area contributed by atoms with Crippen molar-refractivity contribution < 1.29 is 18.9 Å². The van der Waals surface area contributed by atoms with Crippen LogP contribution in [-0.2, 0) is 14.2 Å². The van der Waals surface area contributed by atoms with Gasteiger partial charge >= 0.3 is 0 Å². The second kappa shape index (κ2) is 10.9. The van der Waals surface area contributed by atoms with Gasteiger partial charge in [-0.25, -0.2) is 0 Å². The fourth-order valence-corrected chi connectivity index (χ4v) is 1.91. The summed E-state index contributed by atoms with van der Waals surface area (Å²) in [6.45, 7) is 3.78. The summed E-state index contributed by atoms with van der Waals surface area (Å²) in [7, 11) is 3.30. The molecule has 0 amide bonds. The van der Waals surface area contributed by atoms with Crippen LogP contribution < -0.4 is 10.1 Å². The Morgan fingerprint density at radius 2 is 1.70 bits per heavy atom. The number of ether oxygens (including phenoxy) is 4. The quantitative estimate of drug-likeness (QED) is 0.623. The number of hydrogen-bond donors (Lipinski definition) is 1. The molecule has 0 aliphatic carbocycles. The number of rotatable bonds is 11. The van der Waals surface area contributed by atoms with Crippen LogP contribution in [0.5, 0.6) is 5.75 Å². The third kappa shape index (κ3) is 7.09. The van der Waals surface area contributed by atoms with Crippen LogP contribution in [0, 0.1) is 0 Å². The third-order valence-corrected chi connectivity index (χ3v) is 3.19. The van der Waals surface area contributed by atoms with Gasteiger partial charge in [0, 0.05) is 25.4 Å². The highest BCUT2D eigenvalue weighted by Crippen LogP contribution is 2.27. The average Bonchev–Trinajstić information content (AvgIpc) is 2.47. The summed E-state index contributed by atoms with van der Waals surface area (Å²) in [5, 5.41) is 3.27. The summed E-state index contributed by atoms with van der Waals surface area (Å²) in [5.74, 6) is 0.808. The molecule has 1 aromatic carbocycles. The molecule has 0 saturated carbocycles. The van der Waals surface area contributed by atoms with E-state index in [1.807, 2.05) is 18.2 Å². The van der Waals surface area contributed by atoms with Crippen LogP contribution in [-0.4, -0.2) is 53.8 Å². The Kier molecular flexibility index (Phi) is 9.40. The Labute approximate surface area is 128 Å². The summed E-state index contributed by atoms with van der Waals surface area (Å²) in [4.78, 5) is 0. The smallest absolute Gasteiger partial charge is 0.135 e. The number of halogens is 1. The van der Waals surface area contributed by atoms with E-state index >= 15 is 0 Å². The van der Waals surface area contributed by atoms with Crippen LogP contribution in [0.3, 0.4) is 0 Å². The zero-order valence-electron chi connectivity index (χ0n) is 12.0. The molecule has 1 rings (SSSR count). The Balaban J connectivity index is 2.06. The van der Waals surface area contributed by atoms with Crippen molar-refractivity contribution in [3.05, 3.63) is 22.7 Å². The van der Waals surface area contributed by atoms with Crippen molar-refractivity contribution in [3.8, 4) is 5.75 Å². The maximum absolute atomic E-state index is 5.45. The van der Waals surface area contributed by atoms with Gasteiger partial charge in [-0.15, -0.1) is 0 Å². The first-order chi connectivity index (χ1) is 9.77. The van der Waals surface area contributed by atoms with Crippen molar-refractivity contribution in [1.29, 1.82) is 0 Å². The Bertz CT molecular complexity index is 376. The first-order valence-electron chi connectivity index (χ1n) is 6.49. The van der Waals surface area contributed by atoms with Gasteiger partial charge in [0.25, 0.3) is 0 Å². The molecule has 0 unspecified atom stereocenters. The Morgan fingerprint density at radius 3 is 2.40 bits per heavy atom. The van der Waals surface area contributed by atoms with E-state index < -0.39 is 0 Å². The van der Waals surface area contributed by atoms with Gasteiger partial charge in [0.05, 0.1) is 44.6 Å². The van der Waals surface area contributed by atoms with Crippen LogP contribution in [0.15, 0.2) is 22.7 Å². The zero-order valence-corrected chi connectivity index (χ0v) is 13.6. The molecule has 20 heavy (non-hydrogen) atoms. The van der Waals surface area contributed by atoms with Gasteiger partial charge in [-0.2, -0.15) is 0 Å². The lowest BCUT2D eigenvalue weighted by molar-refractivity contribution is 0.0272. The van der Waals surface area contributed by atoms with Crippen LogP contribution in [0.1, 0.15) is 0 Å². The van der Waals surface area contributed by atoms with Crippen LogP contribution in [0.4, 0.5) is 5.69 Å². The van der Waals surface area contributed by atoms with Crippen molar-refractivity contribution in [3.63, 3.8) is 0 Å². The third-order valence-electron chi connectivity index (χ3n) is 2.53. The van der Waals surface area contributed by atoms with E-state index in [1.165, 1.54) is 0 Å². The van der Waals surface area contributed by atoms with Crippen molar-refractivity contribution in [2.45, 2.75) is 0 Å². The van der Waals surface area contributed by atoms with E-state index in [9.17, 15) is 0 Å². The molecule has 6 heteroatoms. The van der Waals surface area contributed by atoms with E-state index in [0.29, 0.717) is 33.0 Å². The lowest BCUT2D eigenvalue weighted by Gasteiger charge is -2.10. The molecule has 0 spiro atoms. The fraction of sp³-hybridized carbons (Fsp3) is 0.571. The minimum absolute atomic E-state index is 0.592. The van der Waals surface area contributed by atoms with Gasteiger partial charge in [-0.1, -0.05) is 0 Å². The molecule has 0 bridgehead atoms. The minimum atomic E-state index is 0.592. The van der Waals surface area contributed by atoms with E-state index in [4.69, 9.17) is 18.9 Å². The minimum Gasteiger partial charge on any atom is -0.495 e. The van der Waals surface area contributed by atoms with Crippen molar-refractivity contribution in [2.24, 2.45) is 0 Å². The first-order valence-corrected chi connectivity index (χ1v) is 7.29. The molecule has 0 saturated heterocycles. The molecule has 0 radical (unpaired) electrons. The first kappa shape index (κ1) is 17.2. The molecule has 0 fully saturated rings. The zero-order chi connectivity index (χ0) is 14.6. The summed E-state index contributed by atoms with van der Waals surface area (Å²) < 4.78 is 21.8. The fourth-order valence-electron chi connectivity index (χ4n) is 1.50. The van der Waals surface area contributed by atoms with Crippen LogP contribution in [0.25, 0.3) is 0 Å².